The molecule has 146 valence electrons. The molecule has 0 aliphatic carbocycles. The van der Waals surface area contributed by atoms with E-state index in [4.69, 9.17) is 0 Å². The number of hydrogen-bond donors (Lipinski definition) is 3. The molecule has 4 aromatic rings. The van der Waals surface area contributed by atoms with Gasteiger partial charge in [-0.2, -0.15) is 4.98 Å². The van der Waals surface area contributed by atoms with Crippen molar-refractivity contribution in [2.75, 3.05) is 11.9 Å². The molecule has 4 rings (SSSR count). The van der Waals surface area contributed by atoms with Crippen LogP contribution in [0.4, 0.5) is 11.5 Å². The first-order valence-electron chi connectivity index (χ1n) is 9.40. The minimum absolute atomic E-state index is 0.155. The van der Waals surface area contributed by atoms with Gasteiger partial charge in [-0.3, -0.25) is 0 Å². The van der Waals surface area contributed by atoms with E-state index < -0.39 is 5.69 Å². The first-order valence-corrected chi connectivity index (χ1v) is 9.40. The summed E-state index contributed by atoms with van der Waals surface area (Å²) in [4.78, 5) is 20.0. The van der Waals surface area contributed by atoms with E-state index in [2.05, 4.69) is 51.8 Å². The zero-order chi connectivity index (χ0) is 20.2. The van der Waals surface area contributed by atoms with Gasteiger partial charge in [-0.1, -0.05) is 43.3 Å². The van der Waals surface area contributed by atoms with Crippen LogP contribution in [0, 0.1) is 0 Å². The molecule has 2 aromatic heterocycles. The summed E-state index contributed by atoms with van der Waals surface area (Å²) in [7, 11) is 0. The van der Waals surface area contributed by atoms with E-state index in [0.717, 1.165) is 29.9 Å². The number of benzene rings is 2. The molecule has 29 heavy (non-hydrogen) atoms. The molecule has 0 aliphatic heterocycles. The highest BCUT2D eigenvalue weighted by Crippen LogP contribution is 2.26. The van der Waals surface area contributed by atoms with Crippen LogP contribution in [0.15, 0.2) is 71.7 Å². The Labute approximate surface area is 167 Å². The number of hydrogen-bond acceptors (Lipinski definition) is 6. The third kappa shape index (κ3) is 3.95. The molecule has 3 N–H and O–H groups in total. The molecule has 0 aliphatic rings. The summed E-state index contributed by atoms with van der Waals surface area (Å²) in [5.41, 5.74) is 3.53. The highest BCUT2D eigenvalue weighted by Gasteiger charge is 2.11. The lowest BCUT2D eigenvalue weighted by atomic mass is 10.0. The second-order valence-corrected chi connectivity index (χ2v) is 6.61. The molecule has 2 aromatic carbocycles. The fourth-order valence-corrected chi connectivity index (χ4v) is 3.14. The number of anilines is 2. The topological polar surface area (TPSA) is 92.1 Å². The average Bonchev–Trinajstić information content (AvgIpc) is 2.76. The fraction of sp³-hybridized carbons (Fsp3) is 0.136. The Kier molecular flexibility index (Phi) is 5.22. The highest BCUT2D eigenvalue weighted by atomic mass is 16.5. The lowest BCUT2D eigenvalue weighted by Crippen LogP contribution is -2.23. The van der Waals surface area contributed by atoms with Crippen LogP contribution in [0.2, 0.25) is 0 Å². The summed E-state index contributed by atoms with van der Waals surface area (Å²) >= 11 is 0. The van der Waals surface area contributed by atoms with Crippen molar-refractivity contribution in [1.29, 1.82) is 0 Å². The van der Waals surface area contributed by atoms with Crippen LogP contribution in [0.1, 0.15) is 12.5 Å². The Morgan fingerprint density at radius 2 is 1.86 bits per heavy atom. The summed E-state index contributed by atoms with van der Waals surface area (Å²) in [6, 6.07) is 19.8. The van der Waals surface area contributed by atoms with Crippen LogP contribution in [-0.4, -0.2) is 26.5 Å². The molecule has 0 bridgehead atoms. The van der Waals surface area contributed by atoms with Crippen molar-refractivity contribution in [3.63, 3.8) is 0 Å². The molecule has 0 radical (unpaired) electrons. The second kappa shape index (κ2) is 8.12. The van der Waals surface area contributed by atoms with Crippen molar-refractivity contribution < 1.29 is 5.21 Å². The van der Waals surface area contributed by atoms with Gasteiger partial charge in [0.25, 0.3) is 0 Å². The number of rotatable bonds is 6. The van der Waals surface area contributed by atoms with Gasteiger partial charge in [0.05, 0.1) is 5.39 Å². The quantitative estimate of drug-likeness (QED) is 0.438. The van der Waals surface area contributed by atoms with Crippen molar-refractivity contribution in [2.45, 2.75) is 13.5 Å². The normalized spacial score (nSPS) is 10.9. The maximum Gasteiger partial charge on any atom is 0.384 e. The molecule has 0 atom stereocenters. The van der Waals surface area contributed by atoms with Crippen molar-refractivity contribution in [3.05, 3.63) is 82.9 Å². The summed E-state index contributed by atoms with van der Waals surface area (Å²) in [5, 5.41) is 16.9. The Morgan fingerprint density at radius 1 is 1.03 bits per heavy atom. The van der Waals surface area contributed by atoms with Crippen molar-refractivity contribution in [3.8, 4) is 11.1 Å². The SMILES string of the molecule is CCNCc1ccc(-c2cccc(Nc3nc(=O)n(O)c4ncccc34)c2)cc1. The number of pyridine rings is 1. The van der Waals surface area contributed by atoms with Crippen LogP contribution in [-0.2, 0) is 6.54 Å². The maximum absolute atomic E-state index is 12.0. The summed E-state index contributed by atoms with van der Waals surface area (Å²) in [5.74, 6) is 0.349. The molecular formula is C22H21N5O2. The smallest absolute Gasteiger partial charge is 0.384 e. The Balaban J connectivity index is 1.64. The van der Waals surface area contributed by atoms with Crippen LogP contribution in [0.25, 0.3) is 22.2 Å². The largest absolute Gasteiger partial charge is 0.422 e. The van der Waals surface area contributed by atoms with E-state index in [1.54, 1.807) is 12.1 Å². The molecule has 0 saturated carbocycles. The molecule has 7 heteroatoms. The maximum atomic E-state index is 12.0. The standard InChI is InChI=1S/C22H21N5O2/c1-2-23-14-15-8-10-16(11-9-15)17-5-3-6-18(13-17)25-20-19-7-4-12-24-21(19)27(29)22(28)26-20/h3-13,23,29H,2,14H2,1H3,(H,25,26,28). The predicted octanol–water partition coefficient (Wildman–Crippen LogP) is 3.55. The van der Waals surface area contributed by atoms with Gasteiger partial charge in [-0.15, -0.1) is 4.73 Å². The molecule has 7 nitrogen and oxygen atoms in total. The Morgan fingerprint density at radius 3 is 2.66 bits per heavy atom. The number of aromatic nitrogens is 3. The van der Waals surface area contributed by atoms with Crippen LogP contribution in [0.3, 0.4) is 0 Å². The summed E-state index contributed by atoms with van der Waals surface area (Å²) in [6.07, 6.45) is 1.51. The van der Waals surface area contributed by atoms with Crippen LogP contribution in [0.5, 0.6) is 0 Å². The monoisotopic (exact) mass is 387 g/mol. The Hall–Kier alpha value is -3.71. The first-order chi connectivity index (χ1) is 14.2. The van der Waals surface area contributed by atoms with Crippen molar-refractivity contribution in [1.82, 2.24) is 20.0 Å². The van der Waals surface area contributed by atoms with Gasteiger partial charge >= 0.3 is 5.69 Å². The van der Waals surface area contributed by atoms with Gasteiger partial charge < -0.3 is 15.8 Å². The molecule has 0 fully saturated rings. The molecule has 2 heterocycles. The minimum Gasteiger partial charge on any atom is -0.422 e. The second-order valence-electron chi connectivity index (χ2n) is 6.61. The van der Waals surface area contributed by atoms with Gasteiger partial charge in [0, 0.05) is 18.4 Å². The highest BCUT2D eigenvalue weighted by molar-refractivity contribution is 5.88. The summed E-state index contributed by atoms with van der Waals surface area (Å²) in [6.45, 7) is 3.87. The molecule has 0 unspecified atom stereocenters. The third-order valence-corrected chi connectivity index (χ3v) is 4.62. The van der Waals surface area contributed by atoms with E-state index in [1.807, 2.05) is 24.3 Å². The van der Waals surface area contributed by atoms with E-state index in [9.17, 15) is 10.0 Å². The lowest BCUT2D eigenvalue weighted by Gasteiger charge is -2.11. The first kappa shape index (κ1) is 18.6. The number of nitrogens with one attached hydrogen (secondary N) is 2. The number of nitrogens with zero attached hydrogens (tertiary/aromatic N) is 3. The summed E-state index contributed by atoms with van der Waals surface area (Å²) < 4.78 is 0.450. The van der Waals surface area contributed by atoms with E-state index >= 15 is 0 Å². The predicted molar refractivity (Wildman–Crippen MR) is 114 cm³/mol. The molecular weight excluding hydrogens is 366 g/mol. The van der Waals surface area contributed by atoms with Gasteiger partial charge in [-0.05, 0) is 47.5 Å². The zero-order valence-corrected chi connectivity index (χ0v) is 16.0. The molecule has 0 saturated heterocycles. The van der Waals surface area contributed by atoms with E-state index in [-0.39, 0.29) is 5.65 Å². The zero-order valence-electron chi connectivity index (χ0n) is 16.0. The van der Waals surface area contributed by atoms with Gasteiger partial charge in [0.2, 0.25) is 0 Å². The van der Waals surface area contributed by atoms with E-state index in [1.165, 1.54) is 11.8 Å². The third-order valence-electron chi connectivity index (χ3n) is 4.62. The van der Waals surface area contributed by atoms with Crippen molar-refractivity contribution in [2.24, 2.45) is 0 Å². The number of fused-ring (bicyclic) bond motifs is 1. The molecule has 0 spiro atoms. The minimum atomic E-state index is -0.786. The average molecular weight is 387 g/mol. The van der Waals surface area contributed by atoms with Gasteiger partial charge in [0.15, 0.2) is 5.65 Å². The fourth-order valence-electron chi connectivity index (χ4n) is 3.14. The van der Waals surface area contributed by atoms with Gasteiger partial charge in [-0.25, -0.2) is 9.78 Å². The van der Waals surface area contributed by atoms with Gasteiger partial charge in [0.1, 0.15) is 5.82 Å². The van der Waals surface area contributed by atoms with Crippen molar-refractivity contribution >= 4 is 22.5 Å². The van der Waals surface area contributed by atoms with Crippen LogP contribution < -0.4 is 16.3 Å². The van der Waals surface area contributed by atoms with E-state index in [0.29, 0.717) is 15.9 Å². The molecule has 0 amide bonds. The van der Waals surface area contributed by atoms with Crippen LogP contribution >= 0.6 is 0 Å². The Bertz CT molecular complexity index is 1200. The lowest BCUT2D eigenvalue weighted by molar-refractivity contribution is 0.182.